The number of imide groups is 1. The van der Waals surface area contributed by atoms with Crippen molar-refractivity contribution >= 4 is 41.4 Å². The van der Waals surface area contributed by atoms with E-state index in [2.05, 4.69) is 0 Å². The first kappa shape index (κ1) is 22.1. The van der Waals surface area contributed by atoms with Crippen molar-refractivity contribution in [3.63, 3.8) is 0 Å². The number of benzene rings is 2. The molecule has 1 unspecified atom stereocenters. The summed E-state index contributed by atoms with van der Waals surface area (Å²) in [5.41, 5.74) is 1.07. The summed E-state index contributed by atoms with van der Waals surface area (Å²) < 4.78 is 28.7. The van der Waals surface area contributed by atoms with Crippen LogP contribution < -0.4 is 4.90 Å². The summed E-state index contributed by atoms with van der Waals surface area (Å²) in [5.74, 6) is -1.20. The summed E-state index contributed by atoms with van der Waals surface area (Å²) in [6.45, 7) is 3.08. The molecule has 0 aromatic heterocycles. The van der Waals surface area contributed by atoms with Gasteiger partial charge in [-0.1, -0.05) is 29.8 Å². The van der Waals surface area contributed by atoms with Crippen LogP contribution in [0.15, 0.2) is 42.5 Å². The minimum absolute atomic E-state index is 0.0424. The second kappa shape index (κ2) is 8.79. The van der Waals surface area contributed by atoms with Gasteiger partial charge in [-0.2, -0.15) is 4.31 Å². The molecular formula is C23H23ClF2N2O2S. The van der Waals surface area contributed by atoms with Crippen molar-refractivity contribution in [2.24, 2.45) is 0 Å². The highest BCUT2D eigenvalue weighted by atomic mass is 35.5. The average molecular weight is 465 g/mol. The van der Waals surface area contributed by atoms with E-state index in [0.29, 0.717) is 26.5 Å². The van der Waals surface area contributed by atoms with Crippen molar-refractivity contribution < 1.29 is 17.9 Å². The van der Waals surface area contributed by atoms with E-state index in [4.69, 9.17) is 11.6 Å². The minimum atomic E-state index is -1.13. The molecule has 2 aliphatic heterocycles. The fraction of sp³-hybridized carbons (Fsp3) is 0.391. The normalized spacial score (nSPS) is 22.8. The molecule has 1 atom stereocenters. The van der Waals surface area contributed by atoms with Gasteiger partial charge in [-0.05, 0) is 67.5 Å². The summed E-state index contributed by atoms with van der Waals surface area (Å²) in [6.07, 6.45) is 2.08. The van der Waals surface area contributed by atoms with Crippen LogP contribution in [0.4, 0.5) is 14.0 Å². The SMILES string of the molecule is CC1(c2ccc(N3CCC(c4ccc(Cl)cc4)CC3)c(F)c2)CCC(=O)N(SF)C1=O. The summed E-state index contributed by atoms with van der Waals surface area (Å²) in [7, 11) is 0. The number of halogens is 3. The lowest BCUT2D eigenvalue weighted by atomic mass is 9.75. The van der Waals surface area contributed by atoms with Crippen molar-refractivity contribution in [2.75, 3.05) is 18.0 Å². The van der Waals surface area contributed by atoms with Crippen molar-refractivity contribution in [3.05, 3.63) is 64.4 Å². The fourth-order valence-electron chi connectivity index (χ4n) is 4.54. The highest BCUT2D eigenvalue weighted by Gasteiger charge is 2.46. The second-order valence-electron chi connectivity index (χ2n) is 8.37. The lowest BCUT2D eigenvalue weighted by molar-refractivity contribution is -0.145. The van der Waals surface area contributed by atoms with Crippen LogP contribution in [-0.4, -0.2) is 29.2 Å². The molecule has 0 aliphatic carbocycles. The Labute approximate surface area is 190 Å². The molecule has 4 nitrogen and oxygen atoms in total. The third kappa shape index (κ3) is 4.17. The van der Waals surface area contributed by atoms with Gasteiger partial charge in [0.05, 0.1) is 11.1 Å². The summed E-state index contributed by atoms with van der Waals surface area (Å²) in [4.78, 5) is 26.5. The molecule has 8 heteroatoms. The van der Waals surface area contributed by atoms with Crippen LogP contribution in [0.5, 0.6) is 0 Å². The Morgan fingerprint density at radius 2 is 1.77 bits per heavy atom. The van der Waals surface area contributed by atoms with Crippen molar-refractivity contribution in [1.82, 2.24) is 4.31 Å². The Balaban J connectivity index is 1.49. The molecule has 2 aromatic carbocycles. The van der Waals surface area contributed by atoms with Crippen LogP contribution in [0.25, 0.3) is 0 Å². The first-order valence-corrected chi connectivity index (χ1v) is 11.3. The van der Waals surface area contributed by atoms with E-state index in [9.17, 15) is 13.5 Å². The summed E-state index contributed by atoms with van der Waals surface area (Å²) in [6, 6.07) is 12.6. The third-order valence-electron chi connectivity index (χ3n) is 6.55. The number of carbonyl (C=O) groups is 2. The Morgan fingerprint density at radius 3 is 2.39 bits per heavy atom. The molecule has 0 N–H and O–H groups in total. The highest BCUT2D eigenvalue weighted by Crippen LogP contribution is 2.40. The molecule has 0 saturated carbocycles. The van der Waals surface area contributed by atoms with E-state index in [-0.39, 0.29) is 25.2 Å². The molecule has 0 spiro atoms. The van der Waals surface area contributed by atoms with Crippen LogP contribution in [-0.2, 0) is 15.0 Å². The molecule has 2 aliphatic rings. The summed E-state index contributed by atoms with van der Waals surface area (Å²) in [5, 5.41) is 0.714. The number of nitrogens with zero attached hydrogens (tertiary/aromatic N) is 2. The fourth-order valence-corrected chi connectivity index (χ4v) is 5.09. The Morgan fingerprint density at radius 1 is 1.10 bits per heavy atom. The molecule has 2 saturated heterocycles. The van der Waals surface area contributed by atoms with Gasteiger partial charge in [-0.25, -0.2) is 4.39 Å². The zero-order valence-electron chi connectivity index (χ0n) is 17.1. The third-order valence-corrected chi connectivity index (χ3v) is 7.31. The Hall–Kier alpha value is -2.12. The lowest BCUT2D eigenvalue weighted by Gasteiger charge is -2.37. The quantitative estimate of drug-likeness (QED) is 0.423. The van der Waals surface area contributed by atoms with E-state index >= 15 is 4.39 Å². The second-order valence-corrected chi connectivity index (χ2v) is 9.31. The first-order valence-electron chi connectivity index (χ1n) is 10.3. The number of rotatable bonds is 4. The number of anilines is 1. The largest absolute Gasteiger partial charge is 0.369 e. The zero-order valence-corrected chi connectivity index (χ0v) is 18.7. The molecule has 2 amide bonds. The maximum absolute atomic E-state index is 15.1. The lowest BCUT2D eigenvalue weighted by Crippen LogP contribution is -2.49. The maximum Gasteiger partial charge on any atom is 0.251 e. The van der Waals surface area contributed by atoms with Gasteiger partial charge in [-0.15, -0.1) is 3.89 Å². The van der Waals surface area contributed by atoms with E-state index in [1.54, 1.807) is 19.1 Å². The van der Waals surface area contributed by atoms with E-state index < -0.39 is 23.0 Å². The minimum Gasteiger partial charge on any atom is -0.369 e. The molecule has 4 rings (SSSR count). The average Bonchev–Trinajstić information content (AvgIpc) is 2.78. The van der Waals surface area contributed by atoms with E-state index in [1.165, 1.54) is 11.6 Å². The number of hydrogen-bond donors (Lipinski definition) is 0. The molecule has 2 heterocycles. The zero-order chi connectivity index (χ0) is 22.2. The molecular weight excluding hydrogens is 442 g/mol. The van der Waals surface area contributed by atoms with Crippen LogP contribution in [0.1, 0.15) is 49.7 Å². The van der Waals surface area contributed by atoms with Crippen LogP contribution in [0.2, 0.25) is 5.02 Å². The van der Waals surface area contributed by atoms with E-state index in [0.717, 1.165) is 25.9 Å². The number of amides is 2. The smallest absolute Gasteiger partial charge is 0.251 e. The maximum atomic E-state index is 15.1. The monoisotopic (exact) mass is 464 g/mol. The highest BCUT2D eigenvalue weighted by molar-refractivity contribution is 7.93. The number of hydrogen-bond acceptors (Lipinski definition) is 4. The molecule has 0 bridgehead atoms. The van der Waals surface area contributed by atoms with Crippen LogP contribution >= 0.6 is 23.9 Å². The Kier molecular flexibility index (Phi) is 6.26. The predicted octanol–water partition coefficient (Wildman–Crippen LogP) is 5.80. The van der Waals surface area contributed by atoms with Crippen molar-refractivity contribution in [1.29, 1.82) is 0 Å². The molecule has 2 aromatic rings. The summed E-state index contributed by atoms with van der Waals surface area (Å²) >= 11 is 5.59. The molecule has 164 valence electrons. The topological polar surface area (TPSA) is 40.6 Å². The van der Waals surface area contributed by atoms with Gasteiger partial charge in [0.2, 0.25) is 5.91 Å². The van der Waals surface area contributed by atoms with Crippen molar-refractivity contribution in [2.45, 2.75) is 43.9 Å². The molecule has 0 radical (unpaired) electrons. The van der Waals surface area contributed by atoms with Gasteiger partial charge in [0, 0.05) is 24.5 Å². The predicted molar refractivity (Wildman–Crippen MR) is 119 cm³/mol. The van der Waals surface area contributed by atoms with Crippen LogP contribution in [0.3, 0.4) is 0 Å². The molecule has 31 heavy (non-hydrogen) atoms. The van der Waals surface area contributed by atoms with Gasteiger partial charge >= 0.3 is 0 Å². The van der Waals surface area contributed by atoms with Gasteiger partial charge < -0.3 is 4.90 Å². The number of piperidine rings is 2. The van der Waals surface area contributed by atoms with Crippen LogP contribution in [0, 0.1) is 5.82 Å². The van der Waals surface area contributed by atoms with E-state index in [1.807, 2.05) is 29.2 Å². The Bertz CT molecular complexity index is 996. The number of carbonyl (C=O) groups excluding carboxylic acids is 2. The van der Waals surface area contributed by atoms with Gasteiger partial charge in [-0.3, -0.25) is 9.59 Å². The van der Waals surface area contributed by atoms with Gasteiger partial charge in [0.25, 0.3) is 5.91 Å². The molecule has 2 fully saturated rings. The van der Waals surface area contributed by atoms with Gasteiger partial charge in [0.15, 0.2) is 12.3 Å². The van der Waals surface area contributed by atoms with Gasteiger partial charge in [0.1, 0.15) is 5.82 Å². The van der Waals surface area contributed by atoms with Crippen molar-refractivity contribution in [3.8, 4) is 0 Å². The first-order chi connectivity index (χ1) is 14.8. The standard InChI is InChI=1S/C23H23ClF2N2O2S/c1-23(11-8-21(29)28(31-26)22(23)30)17-4-7-20(19(25)14-17)27-12-9-16(10-13-27)15-2-5-18(24)6-3-15/h2-7,14,16H,8-13H2,1H3.